The number of carbonyl (C=O) groups excluding carboxylic acids is 1. The Hall–Kier alpha value is -3.75. The molecule has 1 amide bonds. The van der Waals surface area contributed by atoms with E-state index in [1.165, 1.54) is 9.47 Å². The number of imidazole rings is 1. The first kappa shape index (κ1) is 20.5. The third kappa shape index (κ3) is 3.63. The van der Waals surface area contributed by atoms with Gasteiger partial charge in [0.1, 0.15) is 5.82 Å². The van der Waals surface area contributed by atoms with Gasteiger partial charge < -0.3 is 9.88 Å². The van der Waals surface area contributed by atoms with Gasteiger partial charge in [0, 0.05) is 19.3 Å². The van der Waals surface area contributed by atoms with Crippen molar-refractivity contribution >= 4 is 28.0 Å². The first-order chi connectivity index (χ1) is 14.8. The fraction of sp³-hybridized carbons (Fsp3) is 0.318. The zero-order chi connectivity index (χ0) is 22.3. The number of hydrogen-bond acceptors (Lipinski definition) is 5. The van der Waals surface area contributed by atoms with Gasteiger partial charge in [-0.15, -0.1) is 0 Å². The van der Waals surface area contributed by atoms with Crippen LogP contribution in [0.15, 0.2) is 39.9 Å². The molecular weight excluding hydrogens is 396 g/mol. The van der Waals surface area contributed by atoms with Gasteiger partial charge in [0.05, 0.1) is 28.5 Å². The number of rotatable bonds is 5. The summed E-state index contributed by atoms with van der Waals surface area (Å²) in [6, 6.07) is 9.27. The molecule has 0 aliphatic heterocycles. The van der Waals surface area contributed by atoms with Crippen molar-refractivity contribution in [3.8, 4) is 0 Å². The van der Waals surface area contributed by atoms with Gasteiger partial charge in [0.15, 0.2) is 5.65 Å². The lowest BCUT2D eigenvalue weighted by Crippen LogP contribution is -2.34. The standard InChI is InChI=1S/C22H24N6O3/c1-5-28-19-18(20(29)26-22(28)31)13(10-16(25-19)12(2)3)21(30)27(4)11-17-23-14-8-6-7-9-15(14)24-17/h6-10,12H,5,11H2,1-4H3,(H,23,24)(H,26,29,31). The molecule has 0 spiro atoms. The zero-order valence-electron chi connectivity index (χ0n) is 17.9. The first-order valence-corrected chi connectivity index (χ1v) is 10.2. The fourth-order valence-electron chi connectivity index (χ4n) is 3.63. The number of H-pyrrole nitrogens is 2. The van der Waals surface area contributed by atoms with Crippen molar-refractivity contribution in [1.29, 1.82) is 0 Å². The summed E-state index contributed by atoms with van der Waals surface area (Å²) < 4.78 is 1.37. The van der Waals surface area contributed by atoms with Crippen LogP contribution in [-0.2, 0) is 13.1 Å². The van der Waals surface area contributed by atoms with Crippen molar-refractivity contribution in [2.45, 2.75) is 39.8 Å². The molecule has 0 saturated carbocycles. The highest BCUT2D eigenvalue weighted by Gasteiger charge is 2.23. The van der Waals surface area contributed by atoms with E-state index < -0.39 is 11.2 Å². The molecule has 0 unspecified atom stereocenters. The van der Waals surface area contributed by atoms with Gasteiger partial charge in [0.2, 0.25) is 0 Å². The van der Waals surface area contributed by atoms with Gasteiger partial charge >= 0.3 is 5.69 Å². The number of para-hydroxylation sites is 2. The van der Waals surface area contributed by atoms with Crippen LogP contribution < -0.4 is 11.2 Å². The van der Waals surface area contributed by atoms with E-state index in [-0.39, 0.29) is 35.0 Å². The molecule has 0 radical (unpaired) electrons. The molecule has 0 bridgehead atoms. The summed E-state index contributed by atoms with van der Waals surface area (Å²) in [6.07, 6.45) is 0. The average Bonchev–Trinajstić information content (AvgIpc) is 3.14. The Morgan fingerprint density at radius 2 is 1.90 bits per heavy atom. The van der Waals surface area contributed by atoms with Crippen LogP contribution in [0.5, 0.6) is 0 Å². The lowest BCUT2D eigenvalue weighted by Gasteiger charge is -2.19. The molecule has 0 atom stereocenters. The molecule has 3 heterocycles. The number of aromatic nitrogens is 5. The molecule has 4 rings (SSSR count). The van der Waals surface area contributed by atoms with Gasteiger partial charge in [-0.1, -0.05) is 26.0 Å². The smallest absolute Gasteiger partial charge is 0.329 e. The highest BCUT2D eigenvalue weighted by Crippen LogP contribution is 2.21. The number of benzene rings is 1. The molecule has 31 heavy (non-hydrogen) atoms. The van der Waals surface area contributed by atoms with E-state index in [1.807, 2.05) is 38.1 Å². The van der Waals surface area contributed by atoms with Crippen molar-refractivity contribution in [2.24, 2.45) is 0 Å². The average molecular weight is 420 g/mol. The summed E-state index contributed by atoms with van der Waals surface area (Å²) in [5, 5.41) is 0.118. The van der Waals surface area contributed by atoms with Crippen molar-refractivity contribution < 1.29 is 4.79 Å². The number of aromatic amines is 2. The summed E-state index contributed by atoms with van der Waals surface area (Å²) in [5.41, 5.74) is 1.63. The van der Waals surface area contributed by atoms with Gasteiger partial charge in [0.25, 0.3) is 11.5 Å². The Morgan fingerprint density at radius 3 is 2.58 bits per heavy atom. The zero-order valence-corrected chi connectivity index (χ0v) is 17.9. The van der Waals surface area contributed by atoms with E-state index in [0.29, 0.717) is 18.1 Å². The number of aryl methyl sites for hydroxylation is 1. The molecule has 0 aliphatic rings. The van der Waals surface area contributed by atoms with Gasteiger partial charge in [-0.05, 0) is 31.0 Å². The molecule has 160 valence electrons. The van der Waals surface area contributed by atoms with Crippen molar-refractivity contribution in [3.63, 3.8) is 0 Å². The molecule has 3 aromatic heterocycles. The van der Waals surface area contributed by atoms with Crippen LogP contribution >= 0.6 is 0 Å². The number of pyridine rings is 1. The number of nitrogens with one attached hydrogen (secondary N) is 2. The highest BCUT2D eigenvalue weighted by atomic mass is 16.2. The predicted molar refractivity (Wildman–Crippen MR) is 118 cm³/mol. The fourth-order valence-corrected chi connectivity index (χ4v) is 3.63. The third-order valence-electron chi connectivity index (χ3n) is 5.28. The van der Waals surface area contributed by atoms with Crippen LogP contribution in [0.25, 0.3) is 22.1 Å². The van der Waals surface area contributed by atoms with Gasteiger partial charge in [-0.2, -0.15) is 0 Å². The van der Waals surface area contributed by atoms with Crippen molar-refractivity contribution in [1.82, 2.24) is 29.4 Å². The minimum atomic E-state index is -0.618. The van der Waals surface area contributed by atoms with Gasteiger partial charge in [-0.3, -0.25) is 19.1 Å². The lowest BCUT2D eigenvalue weighted by molar-refractivity contribution is 0.0783. The number of nitrogens with zero attached hydrogens (tertiary/aromatic N) is 4. The van der Waals surface area contributed by atoms with Crippen molar-refractivity contribution in [3.05, 3.63) is 68.3 Å². The second kappa shape index (κ2) is 7.82. The normalized spacial score (nSPS) is 11.5. The van der Waals surface area contributed by atoms with E-state index >= 15 is 0 Å². The van der Waals surface area contributed by atoms with Crippen LogP contribution in [0, 0.1) is 0 Å². The minimum absolute atomic E-state index is 0.0105. The largest absolute Gasteiger partial charge is 0.340 e. The molecule has 4 aromatic rings. The van der Waals surface area contributed by atoms with Crippen LogP contribution in [0.3, 0.4) is 0 Å². The van der Waals surface area contributed by atoms with E-state index in [9.17, 15) is 14.4 Å². The number of carbonyl (C=O) groups is 1. The molecule has 0 aliphatic carbocycles. The molecule has 0 saturated heterocycles. The van der Waals surface area contributed by atoms with Gasteiger partial charge in [-0.25, -0.2) is 14.8 Å². The van der Waals surface area contributed by atoms with E-state index in [1.54, 1.807) is 20.0 Å². The summed E-state index contributed by atoms with van der Waals surface area (Å²) in [6.45, 7) is 6.24. The molecular formula is C22H24N6O3. The van der Waals surface area contributed by atoms with Crippen LogP contribution in [0.1, 0.15) is 48.6 Å². The third-order valence-corrected chi connectivity index (χ3v) is 5.28. The monoisotopic (exact) mass is 420 g/mol. The molecule has 1 aromatic carbocycles. The minimum Gasteiger partial charge on any atom is -0.340 e. The summed E-state index contributed by atoms with van der Waals surface area (Å²) in [5.74, 6) is 0.303. The number of fused-ring (bicyclic) bond motifs is 2. The maximum Gasteiger partial charge on any atom is 0.329 e. The Labute approximate surface area is 177 Å². The summed E-state index contributed by atoms with van der Waals surface area (Å²) in [4.78, 5) is 54.4. The molecule has 2 N–H and O–H groups in total. The number of amides is 1. The molecule has 0 fully saturated rings. The second-order valence-corrected chi connectivity index (χ2v) is 7.81. The summed E-state index contributed by atoms with van der Waals surface area (Å²) in [7, 11) is 1.65. The highest BCUT2D eigenvalue weighted by molar-refractivity contribution is 6.05. The first-order valence-electron chi connectivity index (χ1n) is 10.2. The van der Waals surface area contributed by atoms with E-state index in [0.717, 1.165) is 11.0 Å². The number of hydrogen-bond donors (Lipinski definition) is 2. The SMILES string of the molecule is CCn1c(=O)[nH]c(=O)c2c(C(=O)N(C)Cc3nc4ccccc4[nH]3)cc(C(C)C)nc21. The molecule has 9 nitrogen and oxygen atoms in total. The summed E-state index contributed by atoms with van der Waals surface area (Å²) >= 11 is 0. The topological polar surface area (TPSA) is 117 Å². The maximum atomic E-state index is 13.4. The Balaban J connectivity index is 1.82. The van der Waals surface area contributed by atoms with Crippen LogP contribution in [-0.4, -0.2) is 42.4 Å². The Kier molecular flexibility index (Phi) is 5.18. The quantitative estimate of drug-likeness (QED) is 0.514. The lowest BCUT2D eigenvalue weighted by atomic mass is 10.0. The maximum absolute atomic E-state index is 13.4. The predicted octanol–water partition coefficient (Wildman–Crippen LogP) is 2.38. The van der Waals surface area contributed by atoms with Crippen LogP contribution in [0.2, 0.25) is 0 Å². The Morgan fingerprint density at radius 1 is 1.16 bits per heavy atom. The Bertz CT molecular complexity index is 1380. The van der Waals surface area contributed by atoms with E-state index in [4.69, 9.17) is 0 Å². The second-order valence-electron chi connectivity index (χ2n) is 7.81. The molecule has 9 heteroatoms. The van der Waals surface area contributed by atoms with E-state index in [2.05, 4.69) is 19.9 Å². The van der Waals surface area contributed by atoms with Crippen molar-refractivity contribution in [2.75, 3.05) is 7.05 Å². The van der Waals surface area contributed by atoms with Crippen LogP contribution in [0.4, 0.5) is 0 Å².